The number of carbonyl (C=O) groups is 1. The molecule has 2 N–H and O–H groups in total. The lowest BCUT2D eigenvalue weighted by molar-refractivity contribution is -0.141. The summed E-state index contributed by atoms with van der Waals surface area (Å²) in [5.74, 6) is -1.05. The van der Waals surface area contributed by atoms with Crippen molar-refractivity contribution in [1.82, 2.24) is 15.1 Å². The summed E-state index contributed by atoms with van der Waals surface area (Å²) in [6.07, 6.45) is -5.04. The number of hydrogen-bond acceptors (Lipinski definition) is 3. The number of methoxy groups -OCH3 is 1. The predicted molar refractivity (Wildman–Crippen MR) is 69.9 cm³/mol. The van der Waals surface area contributed by atoms with Gasteiger partial charge in [0.1, 0.15) is 0 Å². The quantitative estimate of drug-likeness (QED) is 0.844. The highest BCUT2D eigenvalue weighted by Gasteiger charge is 2.34. The number of hydrogen-bond donors (Lipinski definition) is 2. The second-order valence-electron chi connectivity index (χ2n) is 4.38. The van der Waals surface area contributed by atoms with E-state index >= 15 is 0 Å². The van der Waals surface area contributed by atoms with Crippen LogP contribution in [0.5, 0.6) is 5.75 Å². The Kier molecular flexibility index (Phi) is 4.43. The van der Waals surface area contributed by atoms with E-state index in [1.807, 2.05) is 5.32 Å². The Hall–Kier alpha value is -2.78. The van der Waals surface area contributed by atoms with Crippen LogP contribution >= 0.6 is 0 Å². The molecule has 1 aromatic heterocycles. The molecule has 0 saturated carbocycles. The molecule has 2 aromatic rings. The fourth-order valence-corrected chi connectivity index (χ4v) is 1.90. The third-order valence-corrected chi connectivity index (χ3v) is 2.95. The van der Waals surface area contributed by atoms with Crippen molar-refractivity contribution in [3.63, 3.8) is 0 Å². The van der Waals surface area contributed by atoms with Crippen LogP contribution in [0.15, 0.2) is 24.4 Å². The van der Waals surface area contributed by atoms with E-state index in [-0.39, 0.29) is 17.0 Å². The van der Waals surface area contributed by atoms with Gasteiger partial charge in [-0.1, -0.05) is 0 Å². The van der Waals surface area contributed by atoms with Gasteiger partial charge in [0.05, 0.1) is 19.3 Å². The highest BCUT2D eigenvalue weighted by atomic mass is 19.4. The fourth-order valence-electron chi connectivity index (χ4n) is 1.90. The molecule has 0 radical (unpaired) electrons. The van der Waals surface area contributed by atoms with Gasteiger partial charge in [0, 0.05) is 11.8 Å². The number of rotatable bonds is 4. The van der Waals surface area contributed by atoms with E-state index in [1.165, 1.54) is 19.2 Å². The zero-order valence-electron chi connectivity index (χ0n) is 11.7. The van der Waals surface area contributed by atoms with E-state index in [1.54, 1.807) is 0 Å². The Balaban J connectivity index is 2.50. The third kappa shape index (κ3) is 3.52. The van der Waals surface area contributed by atoms with Gasteiger partial charge < -0.3 is 15.2 Å². The van der Waals surface area contributed by atoms with Crippen LogP contribution in [0.4, 0.5) is 22.4 Å². The zero-order chi connectivity index (χ0) is 17.2. The van der Waals surface area contributed by atoms with E-state index in [9.17, 15) is 22.4 Å². The number of nitrogens with zero attached hydrogens (tertiary/aromatic N) is 2. The average Bonchev–Trinajstić information content (AvgIpc) is 2.95. The van der Waals surface area contributed by atoms with E-state index in [0.29, 0.717) is 0 Å². The van der Waals surface area contributed by atoms with Gasteiger partial charge in [0.2, 0.25) is 0 Å². The molecule has 1 amide bonds. The molecule has 0 aliphatic carbocycles. The van der Waals surface area contributed by atoms with Crippen molar-refractivity contribution in [2.75, 3.05) is 7.11 Å². The van der Waals surface area contributed by atoms with Gasteiger partial charge in [0.25, 0.3) is 0 Å². The molecule has 6 nitrogen and oxygen atoms in total. The fraction of sp³-hybridized carbons (Fsp3) is 0.231. The van der Waals surface area contributed by atoms with Crippen LogP contribution in [0.1, 0.15) is 11.3 Å². The molecule has 0 aliphatic rings. The van der Waals surface area contributed by atoms with Gasteiger partial charge in [0.15, 0.2) is 17.3 Å². The summed E-state index contributed by atoms with van der Waals surface area (Å²) >= 11 is 0. The summed E-state index contributed by atoms with van der Waals surface area (Å²) in [4.78, 5) is 10.6. The van der Waals surface area contributed by atoms with E-state index in [2.05, 4.69) is 5.10 Å². The lowest BCUT2D eigenvalue weighted by Crippen LogP contribution is -2.22. The second kappa shape index (κ2) is 6.15. The van der Waals surface area contributed by atoms with E-state index in [4.69, 9.17) is 9.84 Å². The molecule has 2 rings (SSSR count). The number of amides is 1. The number of aromatic nitrogens is 2. The number of alkyl halides is 3. The number of benzene rings is 1. The molecule has 0 bridgehead atoms. The number of halogens is 4. The Morgan fingerprint density at radius 3 is 2.61 bits per heavy atom. The van der Waals surface area contributed by atoms with Gasteiger partial charge >= 0.3 is 12.3 Å². The van der Waals surface area contributed by atoms with Crippen LogP contribution in [0.25, 0.3) is 5.69 Å². The summed E-state index contributed by atoms with van der Waals surface area (Å²) in [5.41, 5.74) is -1.37. The minimum Gasteiger partial charge on any atom is -0.494 e. The third-order valence-electron chi connectivity index (χ3n) is 2.95. The Bertz CT molecular complexity index is 728. The maximum atomic E-state index is 14.3. The van der Waals surface area contributed by atoms with Crippen LogP contribution in [-0.4, -0.2) is 28.1 Å². The van der Waals surface area contributed by atoms with Crippen molar-refractivity contribution in [1.29, 1.82) is 0 Å². The molecule has 0 aliphatic heterocycles. The lowest BCUT2D eigenvalue weighted by Gasteiger charge is -2.13. The number of ether oxygens (including phenoxy) is 1. The van der Waals surface area contributed by atoms with Crippen LogP contribution in [0, 0.1) is 5.82 Å². The van der Waals surface area contributed by atoms with Crippen molar-refractivity contribution in [2.24, 2.45) is 0 Å². The first-order valence-corrected chi connectivity index (χ1v) is 6.19. The van der Waals surface area contributed by atoms with E-state index < -0.39 is 30.3 Å². The largest absolute Gasteiger partial charge is 0.494 e. The minimum absolute atomic E-state index is 0.0347. The first-order chi connectivity index (χ1) is 10.7. The molecule has 1 aromatic carbocycles. The smallest absolute Gasteiger partial charge is 0.435 e. The molecule has 10 heteroatoms. The van der Waals surface area contributed by atoms with Crippen LogP contribution in [0.2, 0.25) is 0 Å². The highest BCUT2D eigenvalue weighted by Crippen LogP contribution is 2.30. The second-order valence-corrected chi connectivity index (χ2v) is 4.38. The molecular weight excluding hydrogens is 322 g/mol. The molecule has 0 fully saturated rings. The van der Waals surface area contributed by atoms with Crippen molar-refractivity contribution >= 4 is 6.09 Å². The van der Waals surface area contributed by atoms with Crippen molar-refractivity contribution in [2.45, 2.75) is 12.7 Å². The number of carboxylic acid groups (broad SMARTS) is 1. The molecule has 0 saturated heterocycles. The van der Waals surface area contributed by atoms with Crippen LogP contribution in [0.3, 0.4) is 0 Å². The molecule has 0 atom stereocenters. The Morgan fingerprint density at radius 2 is 2.09 bits per heavy atom. The molecule has 0 spiro atoms. The van der Waals surface area contributed by atoms with Gasteiger partial charge in [-0.25, -0.2) is 13.9 Å². The summed E-state index contributed by atoms with van der Waals surface area (Å²) in [6.45, 7) is -0.463. The topological polar surface area (TPSA) is 76.4 Å². The normalized spacial score (nSPS) is 11.3. The van der Waals surface area contributed by atoms with Gasteiger partial charge in [-0.2, -0.15) is 18.3 Å². The van der Waals surface area contributed by atoms with Gasteiger partial charge in [-0.05, 0) is 18.2 Å². The maximum Gasteiger partial charge on any atom is 0.435 e. The summed E-state index contributed by atoms with van der Waals surface area (Å²) in [5, 5.41) is 13.9. The molecule has 23 heavy (non-hydrogen) atoms. The Labute approximate surface area is 127 Å². The molecule has 1 heterocycles. The molecular formula is C13H11F4N3O3. The first-order valence-electron chi connectivity index (χ1n) is 6.19. The Morgan fingerprint density at radius 1 is 1.39 bits per heavy atom. The maximum absolute atomic E-state index is 14.3. The highest BCUT2D eigenvalue weighted by molar-refractivity contribution is 5.65. The van der Waals surface area contributed by atoms with E-state index in [0.717, 1.165) is 16.9 Å². The molecule has 0 unspecified atom stereocenters. The first kappa shape index (κ1) is 16.6. The minimum atomic E-state index is -4.64. The van der Waals surface area contributed by atoms with Crippen LogP contribution < -0.4 is 10.1 Å². The molecule has 124 valence electrons. The standard InChI is InChI=1S/C13H11F4N3O3/c1-23-9-3-2-8(7(11(9)14)6-18-12(21)22)20-5-4-10(19-20)13(15,16)17/h2-5,18H,6H2,1H3,(H,21,22). The summed E-state index contributed by atoms with van der Waals surface area (Å²) in [6, 6.07) is 3.23. The number of nitrogens with one attached hydrogen (secondary N) is 1. The lowest BCUT2D eigenvalue weighted by atomic mass is 10.1. The monoisotopic (exact) mass is 333 g/mol. The summed E-state index contributed by atoms with van der Waals surface area (Å²) in [7, 11) is 1.21. The average molecular weight is 333 g/mol. The van der Waals surface area contributed by atoms with Crippen molar-refractivity contribution < 1.29 is 32.2 Å². The SMILES string of the molecule is COc1ccc(-n2ccc(C(F)(F)F)n2)c(CNC(=O)O)c1F. The van der Waals surface area contributed by atoms with Crippen molar-refractivity contribution in [3.05, 3.63) is 41.5 Å². The van der Waals surface area contributed by atoms with Crippen molar-refractivity contribution in [3.8, 4) is 11.4 Å². The van der Waals surface area contributed by atoms with Crippen LogP contribution in [-0.2, 0) is 12.7 Å². The summed E-state index contributed by atoms with van der Waals surface area (Å²) < 4.78 is 57.7. The zero-order valence-corrected chi connectivity index (χ0v) is 11.7. The van der Waals surface area contributed by atoms with Gasteiger partial charge in [-0.3, -0.25) is 0 Å². The predicted octanol–water partition coefficient (Wildman–Crippen LogP) is 2.81. The van der Waals surface area contributed by atoms with Gasteiger partial charge in [-0.15, -0.1) is 0 Å².